The number of amides is 1. The van der Waals surface area contributed by atoms with Crippen LogP contribution in [0.5, 0.6) is 5.75 Å². The minimum absolute atomic E-state index is 0.0141. The highest BCUT2D eigenvalue weighted by molar-refractivity contribution is 5.94. The summed E-state index contributed by atoms with van der Waals surface area (Å²) in [5, 5.41) is 9.36. The molecule has 0 aliphatic heterocycles. The summed E-state index contributed by atoms with van der Waals surface area (Å²) in [4.78, 5) is 21.9. The summed E-state index contributed by atoms with van der Waals surface area (Å²) in [6.07, 6.45) is 4.44. The predicted molar refractivity (Wildman–Crippen MR) is 70.6 cm³/mol. The Morgan fingerprint density at radius 3 is 2.84 bits per heavy atom. The summed E-state index contributed by atoms with van der Waals surface area (Å²) < 4.78 is 0. The summed E-state index contributed by atoms with van der Waals surface area (Å²) in [5.74, 6) is -0.184. The minimum Gasteiger partial charge on any atom is -0.506 e. The molecule has 5 heteroatoms. The Morgan fingerprint density at radius 2 is 2.21 bits per heavy atom. The van der Waals surface area contributed by atoms with E-state index in [1.165, 1.54) is 18.5 Å². The molecular weight excluding hydrogens is 242 g/mol. The van der Waals surface area contributed by atoms with Crippen molar-refractivity contribution in [1.82, 2.24) is 14.9 Å². The zero-order valence-corrected chi connectivity index (χ0v) is 10.7. The van der Waals surface area contributed by atoms with Gasteiger partial charge in [0.25, 0.3) is 5.91 Å². The van der Waals surface area contributed by atoms with E-state index < -0.39 is 0 Å². The van der Waals surface area contributed by atoms with Gasteiger partial charge in [0.05, 0.1) is 24.0 Å². The van der Waals surface area contributed by atoms with Crippen LogP contribution in [0, 0.1) is 0 Å². The number of pyridine rings is 2. The highest BCUT2D eigenvalue weighted by Gasteiger charge is 2.15. The number of aromatic nitrogens is 2. The number of hydrogen-bond acceptors (Lipinski definition) is 4. The molecule has 2 aromatic heterocycles. The lowest BCUT2D eigenvalue weighted by molar-refractivity contribution is 0.0749. The summed E-state index contributed by atoms with van der Waals surface area (Å²) in [7, 11) is 0. The molecule has 0 spiro atoms. The van der Waals surface area contributed by atoms with Gasteiger partial charge in [-0.1, -0.05) is 6.07 Å². The van der Waals surface area contributed by atoms with Crippen LogP contribution >= 0.6 is 0 Å². The monoisotopic (exact) mass is 257 g/mol. The molecular formula is C14H15N3O2. The lowest BCUT2D eigenvalue weighted by Crippen LogP contribution is -2.30. The lowest BCUT2D eigenvalue weighted by Gasteiger charge is -2.20. The van der Waals surface area contributed by atoms with Crippen LogP contribution in [-0.4, -0.2) is 32.4 Å². The number of hydrogen-bond donors (Lipinski definition) is 1. The Kier molecular flexibility index (Phi) is 4.07. The van der Waals surface area contributed by atoms with Gasteiger partial charge in [-0.3, -0.25) is 14.8 Å². The van der Waals surface area contributed by atoms with E-state index >= 15 is 0 Å². The predicted octanol–water partition coefficient (Wildman–Crippen LogP) is 1.84. The largest absolute Gasteiger partial charge is 0.506 e. The highest BCUT2D eigenvalue weighted by atomic mass is 16.3. The summed E-state index contributed by atoms with van der Waals surface area (Å²) in [5.41, 5.74) is 1.20. The van der Waals surface area contributed by atoms with Gasteiger partial charge in [-0.25, -0.2) is 0 Å². The van der Waals surface area contributed by atoms with Gasteiger partial charge in [-0.05, 0) is 25.1 Å². The van der Waals surface area contributed by atoms with Gasteiger partial charge in [-0.15, -0.1) is 0 Å². The van der Waals surface area contributed by atoms with Crippen molar-refractivity contribution in [3.63, 3.8) is 0 Å². The molecule has 2 heterocycles. The topological polar surface area (TPSA) is 66.3 Å². The van der Waals surface area contributed by atoms with Crippen molar-refractivity contribution in [2.75, 3.05) is 6.54 Å². The van der Waals surface area contributed by atoms with E-state index in [1.807, 2.05) is 25.1 Å². The smallest absolute Gasteiger partial charge is 0.255 e. The van der Waals surface area contributed by atoms with Crippen molar-refractivity contribution < 1.29 is 9.90 Å². The second kappa shape index (κ2) is 5.95. The van der Waals surface area contributed by atoms with Crippen LogP contribution in [0.4, 0.5) is 0 Å². The molecule has 0 radical (unpaired) electrons. The van der Waals surface area contributed by atoms with Gasteiger partial charge in [0, 0.05) is 18.9 Å². The van der Waals surface area contributed by atoms with E-state index in [0.717, 1.165) is 5.69 Å². The molecule has 0 aromatic carbocycles. The second-order valence-corrected chi connectivity index (χ2v) is 4.07. The molecule has 5 nitrogen and oxygen atoms in total. The molecule has 2 rings (SSSR count). The summed E-state index contributed by atoms with van der Waals surface area (Å²) in [6, 6.07) is 7.00. The minimum atomic E-state index is -0.170. The third kappa shape index (κ3) is 3.28. The van der Waals surface area contributed by atoms with Crippen LogP contribution in [0.2, 0.25) is 0 Å². The standard InChI is InChI=1S/C14H15N3O2/c1-2-17(10-12-5-3-4-6-16-12)14(19)11-7-13(18)9-15-8-11/h3-9,18H,2,10H2,1H3. The van der Waals surface area contributed by atoms with E-state index in [2.05, 4.69) is 9.97 Å². The van der Waals surface area contributed by atoms with Crippen LogP contribution in [0.15, 0.2) is 42.9 Å². The first-order valence-electron chi connectivity index (χ1n) is 6.04. The van der Waals surface area contributed by atoms with Crippen LogP contribution in [-0.2, 0) is 6.54 Å². The number of aromatic hydroxyl groups is 1. The van der Waals surface area contributed by atoms with Crippen LogP contribution < -0.4 is 0 Å². The van der Waals surface area contributed by atoms with Gasteiger partial charge >= 0.3 is 0 Å². The van der Waals surface area contributed by atoms with Gasteiger partial charge in [0.2, 0.25) is 0 Å². The fourth-order valence-corrected chi connectivity index (χ4v) is 1.74. The van der Waals surface area contributed by atoms with E-state index in [0.29, 0.717) is 18.7 Å². The Morgan fingerprint density at radius 1 is 1.37 bits per heavy atom. The van der Waals surface area contributed by atoms with Crippen molar-refractivity contribution in [2.45, 2.75) is 13.5 Å². The molecule has 1 N–H and O–H groups in total. The first-order valence-corrected chi connectivity index (χ1v) is 6.04. The third-order valence-corrected chi connectivity index (χ3v) is 2.72. The molecule has 0 bridgehead atoms. The van der Waals surface area contributed by atoms with Crippen molar-refractivity contribution >= 4 is 5.91 Å². The Hall–Kier alpha value is -2.43. The zero-order chi connectivity index (χ0) is 13.7. The normalized spacial score (nSPS) is 10.2. The number of carbonyl (C=O) groups excluding carboxylic acids is 1. The van der Waals surface area contributed by atoms with Gasteiger partial charge < -0.3 is 10.0 Å². The Labute approximate surface area is 111 Å². The van der Waals surface area contributed by atoms with Crippen molar-refractivity contribution in [3.8, 4) is 5.75 Å². The third-order valence-electron chi connectivity index (χ3n) is 2.72. The molecule has 0 aliphatic rings. The first kappa shape index (κ1) is 13.0. The molecule has 0 fully saturated rings. The molecule has 0 saturated heterocycles. The molecule has 1 amide bonds. The maximum Gasteiger partial charge on any atom is 0.255 e. The van der Waals surface area contributed by atoms with E-state index in [9.17, 15) is 9.90 Å². The van der Waals surface area contributed by atoms with E-state index in [-0.39, 0.29) is 11.7 Å². The maximum atomic E-state index is 12.3. The van der Waals surface area contributed by atoms with E-state index in [1.54, 1.807) is 11.1 Å². The van der Waals surface area contributed by atoms with Gasteiger partial charge in [-0.2, -0.15) is 0 Å². The van der Waals surface area contributed by atoms with Crippen molar-refractivity contribution in [2.24, 2.45) is 0 Å². The fraction of sp³-hybridized carbons (Fsp3) is 0.214. The Bertz CT molecular complexity index is 558. The number of nitrogens with zero attached hydrogens (tertiary/aromatic N) is 3. The zero-order valence-electron chi connectivity index (χ0n) is 10.7. The van der Waals surface area contributed by atoms with Crippen molar-refractivity contribution in [1.29, 1.82) is 0 Å². The summed E-state index contributed by atoms with van der Waals surface area (Å²) >= 11 is 0. The number of carbonyl (C=O) groups is 1. The molecule has 0 unspecified atom stereocenters. The van der Waals surface area contributed by atoms with Crippen LogP contribution in [0.25, 0.3) is 0 Å². The molecule has 98 valence electrons. The van der Waals surface area contributed by atoms with Crippen LogP contribution in [0.3, 0.4) is 0 Å². The maximum absolute atomic E-state index is 12.3. The average Bonchev–Trinajstić information content (AvgIpc) is 2.45. The SMILES string of the molecule is CCN(Cc1ccccn1)C(=O)c1cncc(O)c1. The first-order chi connectivity index (χ1) is 9.20. The quantitative estimate of drug-likeness (QED) is 0.907. The fourth-order valence-electron chi connectivity index (χ4n) is 1.74. The lowest BCUT2D eigenvalue weighted by atomic mass is 10.2. The molecule has 0 atom stereocenters. The van der Waals surface area contributed by atoms with E-state index in [4.69, 9.17) is 0 Å². The van der Waals surface area contributed by atoms with Gasteiger partial charge in [0.15, 0.2) is 0 Å². The average molecular weight is 257 g/mol. The molecule has 0 aliphatic carbocycles. The molecule has 0 saturated carbocycles. The van der Waals surface area contributed by atoms with Gasteiger partial charge in [0.1, 0.15) is 5.75 Å². The van der Waals surface area contributed by atoms with Crippen molar-refractivity contribution in [3.05, 3.63) is 54.1 Å². The highest BCUT2D eigenvalue weighted by Crippen LogP contribution is 2.12. The van der Waals surface area contributed by atoms with Crippen LogP contribution in [0.1, 0.15) is 23.0 Å². The Balaban J connectivity index is 2.16. The molecule has 2 aromatic rings. The molecule has 19 heavy (non-hydrogen) atoms. The summed E-state index contributed by atoms with van der Waals surface area (Å²) in [6.45, 7) is 2.90. The second-order valence-electron chi connectivity index (χ2n) is 4.07. The number of rotatable bonds is 4.